The van der Waals surface area contributed by atoms with Gasteiger partial charge in [0, 0.05) is 48.6 Å². The normalized spacial score (nSPS) is 11.0. The van der Waals surface area contributed by atoms with Crippen LogP contribution in [0.3, 0.4) is 0 Å². The van der Waals surface area contributed by atoms with Crippen LogP contribution in [0.1, 0.15) is 0 Å². The number of benzene rings is 7. The van der Waals surface area contributed by atoms with Crippen molar-refractivity contribution >= 4 is 77.0 Å². The zero-order valence-electron chi connectivity index (χ0n) is 25.1. The van der Waals surface area contributed by atoms with Crippen LogP contribution >= 0.6 is 11.3 Å². The van der Waals surface area contributed by atoms with E-state index in [4.69, 9.17) is 0 Å². The molecule has 0 unspecified atom stereocenters. The maximum Gasteiger partial charge on any atom is 0.0554 e. The lowest BCUT2D eigenvalue weighted by atomic mass is 10.1. The molecule has 8 rings (SSSR count). The third-order valence-electron chi connectivity index (χ3n) is 8.15. The molecule has 0 saturated heterocycles. The second kappa shape index (κ2) is 12.3. The second-order valence-electron chi connectivity index (χ2n) is 11.2. The number of anilines is 8. The van der Waals surface area contributed by atoms with E-state index in [1.165, 1.54) is 20.2 Å². The van der Waals surface area contributed by atoms with Gasteiger partial charge >= 0.3 is 0 Å². The molecule has 0 atom stereocenters. The molecule has 8 aromatic rings. The standard InChI is InChI=1S/C42H31N3S/c1-5-16-31(17-6-1)43-32-28-36(44(33-18-7-2-8-19-33)34-20-9-3-10-21-34)30-37(29-32)45(35-22-11-4-12-23-35)39-25-15-27-41-42(39)38-24-13-14-26-40(38)46-41/h1-30,43H. The number of hydrogen-bond acceptors (Lipinski definition) is 4. The molecule has 0 aliphatic heterocycles. The van der Waals surface area contributed by atoms with E-state index in [0.717, 1.165) is 45.5 Å². The minimum Gasteiger partial charge on any atom is -0.355 e. The van der Waals surface area contributed by atoms with E-state index >= 15 is 0 Å². The lowest BCUT2D eigenvalue weighted by Crippen LogP contribution is -2.14. The fourth-order valence-corrected chi connectivity index (χ4v) is 7.29. The first-order valence-electron chi connectivity index (χ1n) is 15.4. The summed E-state index contributed by atoms with van der Waals surface area (Å²) in [6.07, 6.45) is 0. The molecule has 0 spiro atoms. The minimum atomic E-state index is 0.999. The number of fused-ring (bicyclic) bond motifs is 3. The van der Waals surface area contributed by atoms with Crippen LogP contribution in [0.15, 0.2) is 182 Å². The molecule has 220 valence electrons. The molecular formula is C42H31N3S. The number of hydrogen-bond donors (Lipinski definition) is 1. The first kappa shape index (κ1) is 27.7. The van der Waals surface area contributed by atoms with Gasteiger partial charge in [0.1, 0.15) is 0 Å². The third-order valence-corrected chi connectivity index (χ3v) is 9.28. The van der Waals surface area contributed by atoms with Crippen molar-refractivity contribution in [3.05, 3.63) is 182 Å². The number of nitrogens with one attached hydrogen (secondary N) is 1. The zero-order valence-corrected chi connectivity index (χ0v) is 25.9. The number of para-hydroxylation sites is 4. The van der Waals surface area contributed by atoms with Crippen molar-refractivity contribution in [2.45, 2.75) is 0 Å². The highest BCUT2D eigenvalue weighted by Gasteiger charge is 2.21. The van der Waals surface area contributed by atoms with Crippen molar-refractivity contribution < 1.29 is 0 Å². The van der Waals surface area contributed by atoms with Crippen LogP contribution in [0.25, 0.3) is 20.2 Å². The summed E-state index contributed by atoms with van der Waals surface area (Å²) in [5.74, 6) is 0. The highest BCUT2D eigenvalue weighted by molar-refractivity contribution is 7.26. The van der Waals surface area contributed by atoms with Gasteiger partial charge in [-0.15, -0.1) is 11.3 Å². The van der Waals surface area contributed by atoms with Crippen molar-refractivity contribution in [2.75, 3.05) is 15.1 Å². The summed E-state index contributed by atoms with van der Waals surface area (Å²) in [6.45, 7) is 0. The van der Waals surface area contributed by atoms with E-state index in [9.17, 15) is 0 Å². The average Bonchev–Trinajstić information content (AvgIpc) is 3.50. The number of thiophene rings is 1. The quantitative estimate of drug-likeness (QED) is 0.185. The van der Waals surface area contributed by atoms with Gasteiger partial charge in [0.05, 0.1) is 17.1 Å². The predicted octanol–water partition coefficient (Wildman–Crippen LogP) is 12.7. The Morgan fingerprint density at radius 1 is 0.370 bits per heavy atom. The molecule has 0 aliphatic rings. The molecule has 0 fully saturated rings. The molecule has 1 heterocycles. The Kier molecular flexibility index (Phi) is 7.39. The summed E-state index contributed by atoms with van der Waals surface area (Å²) >= 11 is 1.84. The van der Waals surface area contributed by atoms with Crippen LogP contribution in [-0.2, 0) is 0 Å². The van der Waals surface area contributed by atoms with Gasteiger partial charge in [-0.05, 0) is 84.9 Å². The lowest BCUT2D eigenvalue weighted by Gasteiger charge is -2.30. The fourth-order valence-electron chi connectivity index (χ4n) is 6.16. The highest BCUT2D eigenvalue weighted by Crippen LogP contribution is 2.47. The van der Waals surface area contributed by atoms with Gasteiger partial charge in [0.25, 0.3) is 0 Å². The topological polar surface area (TPSA) is 18.5 Å². The van der Waals surface area contributed by atoms with E-state index in [1.54, 1.807) is 0 Å². The first-order chi connectivity index (χ1) is 22.8. The molecule has 4 heteroatoms. The van der Waals surface area contributed by atoms with Crippen LogP contribution in [0.4, 0.5) is 45.5 Å². The molecule has 1 aromatic heterocycles. The lowest BCUT2D eigenvalue weighted by molar-refractivity contribution is 1.25. The van der Waals surface area contributed by atoms with E-state index in [2.05, 4.69) is 191 Å². The maximum atomic E-state index is 3.71. The smallest absolute Gasteiger partial charge is 0.0554 e. The molecule has 0 bridgehead atoms. The fraction of sp³-hybridized carbons (Fsp3) is 0. The Labute approximate surface area is 273 Å². The van der Waals surface area contributed by atoms with Crippen molar-refractivity contribution in [1.82, 2.24) is 0 Å². The van der Waals surface area contributed by atoms with Crippen LogP contribution in [0.5, 0.6) is 0 Å². The third kappa shape index (κ3) is 5.36. The molecule has 7 aromatic carbocycles. The van der Waals surface area contributed by atoms with Crippen molar-refractivity contribution in [3.63, 3.8) is 0 Å². The van der Waals surface area contributed by atoms with Gasteiger partial charge in [0.15, 0.2) is 0 Å². The SMILES string of the molecule is c1ccc(Nc2cc(N(c3ccccc3)c3ccccc3)cc(N(c3ccccc3)c3cccc4sc5ccccc5c34)c2)cc1. The summed E-state index contributed by atoms with van der Waals surface area (Å²) in [5.41, 5.74) is 8.57. The molecule has 0 aliphatic carbocycles. The van der Waals surface area contributed by atoms with Gasteiger partial charge in [-0.25, -0.2) is 0 Å². The van der Waals surface area contributed by atoms with Gasteiger partial charge in [-0.3, -0.25) is 0 Å². The molecule has 0 amide bonds. The van der Waals surface area contributed by atoms with Crippen LogP contribution < -0.4 is 15.1 Å². The summed E-state index contributed by atoms with van der Waals surface area (Å²) < 4.78 is 2.56. The first-order valence-corrected chi connectivity index (χ1v) is 16.3. The molecule has 1 N–H and O–H groups in total. The molecule has 46 heavy (non-hydrogen) atoms. The summed E-state index contributed by atoms with van der Waals surface area (Å²) in [7, 11) is 0. The van der Waals surface area contributed by atoms with Crippen LogP contribution in [0, 0.1) is 0 Å². The van der Waals surface area contributed by atoms with Gasteiger partial charge in [-0.2, -0.15) is 0 Å². The summed E-state index contributed by atoms with van der Waals surface area (Å²) in [4.78, 5) is 4.72. The minimum absolute atomic E-state index is 0.999. The Hall–Kier alpha value is -5.84. The average molecular weight is 610 g/mol. The van der Waals surface area contributed by atoms with Gasteiger partial charge < -0.3 is 15.1 Å². The van der Waals surface area contributed by atoms with Crippen molar-refractivity contribution in [3.8, 4) is 0 Å². The Bertz CT molecular complexity index is 2190. The molecule has 3 nitrogen and oxygen atoms in total. The monoisotopic (exact) mass is 609 g/mol. The molecule has 0 radical (unpaired) electrons. The summed E-state index contributed by atoms with van der Waals surface area (Å²) in [5, 5.41) is 6.24. The van der Waals surface area contributed by atoms with Crippen LogP contribution in [-0.4, -0.2) is 0 Å². The van der Waals surface area contributed by atoms with E-state index in [0.29, 0.717) is 0 Å². The molecular weight excluding hydrogens is 579 g/mol. The summed E-state index contributed by atoms with van der Waals surface area (Å²) in [6, 6.07) is 64.4. The highest BCUT2D eigenvalue weighted by atomic mass is 32.1. The van der Waals surface area contributed by atoms with E-state index in [1.807, 2.05) is 17.4 Å². The Morgan fingerprint density at radius 2 is 0.870 bits per heavy atom. The number of rotatable bonds is 8. The van der Waals surface area contributed by atoms with Gasteiger partial charge in [-0.1, -0.05) is 97.1 Å². The van der Waals surface area contributed by atoms with Gasteiger partial charge in [0.2, 0.25) is 0 Å². The largest absolute Gasteiger partial charge is 0.355 e. The second-order valence-corrected chi connectivity index (χ2v) is 12.2. The maximum absolute atomic E-state index is 3.71. The predicted molar refractivity (Wildman–Crippen MR) is 198 cm³/mol. The Morgan fingerprint density at radius 3 is 1.50 bits per heavy atom. The number of nitrogens with zero attached hydrogens (tertiary/aromatic N) is 2. The molecule has 0 saturated carbocycles. The van der Waals surface area contributed by atoms with Crippen molar-refractivity contribution in [2.24, 2.45) is 0 Å². The van der Waals surface area contributed by atoms with E-state index in [-0.39, 0.29) is 0 Å². The Balaban J connectivity index is 1.40. The van der Waals surface area contributed by atoms with E-state index < -0.39 is 0 Å². The van der Waals surface area contributed by atoms with Crippen molar-refractivity contribution in [1.29, 1.82) is 0 Å². The van der Waals surface area contributed by atoms with Crippen LogP contribution in [0.2, 0.25) is 0 Å². The zero-order chi connectivity index (χ0) is 30.7.